The molecule has 3 aromatic carbocycles. The number of aromatic nitrogens is 3. The smallest absolute Gasteiger partial charge is 0.295 e. The average Bonchev–Trinajstić information content (AvgIpc) is 3.22. The highest BCUT2D eigenvalue weighted by Gasteiger charge is 2.19. The second-order valence-electron chi connectivity index (χ2n) is 6.50. The van der Waals surface area contributed by atoms with Crippen molar-refractivity contribution in [3.8, 4) is 22.8 Å². The van der Waals surface area contributed by atoms with Crippen molar-refractivity contribution in [2.24, 2.45) is 0 Å². The van der Waals surface area contributed by atoms with E-state index in [1.807, 2.05) is 85.8 Å². The highest BCUT2D eigenvalue weighted by molar-refractivity contribution is 6.02. The van der Waals surface area contributed by atoms with Crippen molar-refractivity contribution in [1.29, 1.82) is 0 Å². The minimum absolute atomic E-state index is 0.0999. The fourth-order valence-corrected chi connectivity index (χ4v) is 2.98. The Morgan fingerprint density at radius 2 is 1.62 bits per heavy atom. The first-order valence-electron chi connectivity index (χ1n) is 9.19. The van der Waals surface area contributed by atoms with E-state index in [9.17, 15) is 4.79 Å². The van der Waals surface area contributed by atoms with E-state index < -0.39 is 0 Å². The summed E-state index contributed by atoms with van der Waals surface area (Å²) in [7, 11) is 1.62. The summed E-state index contributed by atoms with van der Waals surface area (Å²) in [6.07, 6.45) is 0. The van der Waals surface area contributed by atoms with Crippen LogP contribution in [0.15, 0.2) is 78.9 Å². The number of amides is 1. The fourth-order valence-electron chi connectivity index (χ4n) is 2.98. The second kappa shape index (κ2) is 7.98. The van der Waals surface area contributed by atoms with E-state index in [1.165, 1.54) is 0 Å². The predicted molar refractivity (Wildman–Crippen MR) is 112 cm³/mol. The van der Waals surface area contributed by atoms with Gasteiger partial charge in [-0.1, -0.05) is 48.5 Å². The van der Waals surface area contributed by atoms with Crippen LogP contribution in [0.4, 0.5) is 5.69 Å². The maximum atomic E-state index is 12.8. The van der Waals surface area contributed by atoms with Gasteiger partial charge >= 0.3 is 0 Å². The Kier molecular flexibility index (Phi) is 5.07. The molecule has 1 aromatic heterocycles. The number of anilines is 1. The third kappa shape index (κ3) is 3.87. The summed E-state index contributed by atoms with van der Waals surface area (Å²) < 4.78 is 6.90. The molecule has 6 heteroatoms. The summed E-state index contributed by atoms with van der Waals surface area (Å²) in [5, 5.41) is 7.38. The molecule has 6 nitrogen and oxygen atoms in total. The Morgan fingerprint density at radius 1 is 0.931 bits per heavy atom. The number of carbonyl (C=O) groups excluding carboxylic acids is 1. The van der Waals surface area contributed by atoms with Gasteiger partial charge in [-0.15, -0.1) is 5.10 Å². The fraction of sp³-hybridized carbons (Fsp3) is 0.0870. The molecule has 0 radical (unpaired) electrons. The Bertz CT molecular complexity index is 1140. The van der Waals surface area contributed by atoms with Crippen LogP contribution in [0.1, 0.15) is 16.2 Å². The van der Waals surface area contributed by atoms with E-state index in [1.54, 1.807) is 11.8 Å². The van der Waals surface area contributed by atoms with E-state index in [0.717, 1.165) is 28.3 Å². The number of nitrogens with zero attached hydrogens (tertiary/aromatic N) is 3. The van der Waals surface area contributed by atoms with Crippen LogP contribution in [0.2, 0.25) is 0 Å². The Labute approximate surface area is 168 Å². The van der Waals surface area contributed by atoms with Crippen molar-refractivity contribution in [1.82, 2.24) is 14.8 Å². The third-order valence-electron chi connectivity index (χ3n) is 4.55. The molecule has 4 aromatic rings. The van der Waals surface area contributed by atoms with E-state index in [2.05, 4.69) is 15.4 Å². The zero-order valence-corrected chi connectivity index (χ0v) is 16.2. The van der Waals surface area contributed by atoms with Crippen LogP contribution in [0.25, 0.3) is 17.1 Å². The molecule has 0 saturated carbocycles. The first-order valence-corrected chi connectivity index (χ1v) is 9.19. The molecule has 0 atom stereocenters. The molecule has 0 aliphatic heterocycles. The second-order valence-corrected chi connectivity index (χ2v) is 6.50. The van der Waals surface area contributed by atoms with Gasteiger partial charge in [-0.25, -0.2) is 9.67 Å². The van der Waals surface area contributed by atoms with Crippen LogP contribution >= 0.6 is 0 Å². The summed E-state index contributed by atoms with van der Waals surface area (Å²) >= 11 is 0. The van der Waals surface area contributed by atoms with Crippen LogP contribution in [0, 0.1) is 6.92 Å². The van der Waals surface area contributed by atoms with Crippen LogP contribution in [0.5, 0.6) is 5.75 Å². The lowest BCUT2D eigenvalue weighted by Gasteiger charge is -2.07. The molecule has 1 heterocycles. The van der Waals surface area contributed by atoms with E-state index in [4.69, 9.17) is 4.74 Å². The van der Waals surface area contributed by atoms with Gasteiger partial charge in [0.1, 0.15) is 5.75 Å². The van der Waals surface area contributed by atoms with Gasteiger partial charge in [0.25, 0.3) is 5.91 Å². The molecule has 0 unspecified atom stereocenters. The molecule has 1 N–H and O–H groups in total. The first kappa shape index (κ1) is 18.4. The number of hydrogen-bond donors (Lipinski definition) is 1. The summed E-state index contributed by atoms with van der Waals surface area (Å²) in [5.74, 6) is 1.07. The number of methoxy groups -OCH3 is 1. The largest absolute Gasteiger partial charge is 0.497 e. The maximum absolute atomic E-state index is 12.8. The highest BCUT2D eigenvalue weighted by atomic mass is 16.5. The molecule has 0 aliphatic rings. The Balaban J connectivity index is 1.75. The molecule has 144 valence electrons. The maximum Gasteiger partial charge on any atom is 0.295 e. The molecule has 0 fully saturated rings. The molecule has 0 aliphatic carbocycles. The first-order chi connectivity index (χ1) is 14.2. The van der Waals surface area contributed by atoms with Gasteiger partial charge in [0, 0.05) is 11.3 Å². The lowest BCUT2D eigenvalue weighted by molar-refractivity contribution is 0.101. The van der Waals surface area contributed by atoms with Crippen molar-refractivity contribution in [2.75, 3.05) is 12.4 Å². The lowest BCUT2D eigenvalue weighted by Crippen LogP contribution is -2.15. The summed E-state index contributed by atoms with van der Waals surface area (Å²) in [6.45, 7) is 1.94. The number of hydrogen-bond acceptors (Lipinski definition) is 4. The molecule has 4 rings (SSSR count). The zero-order valence-electron chi connectivity index (χ0n) is 16.2. The average molecular weight is 384 g/mol. The van der Waals surface area contributed by atoms with Gasteiger partial charge in [0.05, 0.1) is 12.8 Å². The number of carbonyl (C=O) groups is 1. The van der Waals surface area contributed by atoms with Crippen molar-refractivity contribution < 1.29 is 9.53 Å². The molecular formula is C23H20N4O2. The molecule has 0 saturated heterocycles. The Morgan fingerprint density at radius 3 is 2.31 bits per heavy atom. The van der Waals surface area contributed by atoms with Gasteiger partial charge in [0.2, 0.25) is 5.82 Å². The monoisotopic (exact) mass is 384 g/mol. The summed E-state index contributed by atoms with van der Waals surface area (Å²) in [6, 6.07) is 24.7. The number of benzene rings is 3. The van der Waals surface area contributed by atoms with Crippen LogP contribution in [-0.2, 0) is 0 Å². The number of rotatable bonds is 5. The van der Waals surface area contributed by atoms with Crippen molar-refractivity contribution >= 4 is 11.6 Å². The molecule has 0 bridgehead atoms. The predicted octanol–water partition coefficient (Wildman–Crippen LogP) is 4.50. The van der Waals surface area contributed by atoms with Gasteiger partial charge in [-0.3, -0.25) is 4.79 Å². The molecular weight excluding hydrogens is 364 g/mol. The standard InChI is InChI=1S/C23H20N4O2/c1-16-8-6-7-11-20(16)24-23(28)21-25-22(17-9-4-3-5-10-17)27(26-21)18-12-14-19(29-2)15-13-18/h3-15H,1-2H3,(H,24,28). The van der Waals surface area contributed by atoms with Crippen LogP contribution < -0.4 is 10.1 Å². The number of para-hydroxylation sites is 1. The third-order valence-corrected chi connectivity index (χ3v) is 4.55. The minimum atomic E-state index is -0.358. The van der Waals surface area contributed by atoms with Gasteiger partial charge in [-0.2, -0.15) is 0 Å². The lowest BCUT2D eigenvalue weighted by atomic mass is 10.2. The summed E-state index contributed by atoms with van der Waals surface area (Å²) in [4.78, 5) is 17.4. The van der Waals surface area contributed by atoms with Gasteiger partial charge in [0.15, 0.2) is 5.82 Å². The quantitative estimate of drug-likeness (QED) is 0.550. The van der Waals surface area contributed by atoms with Gasteiger partial charge < -0.3 is 10.1 Å². The SMILES string of the molecule is COc1ccc(-n2nc(C(=O)Nc3ccccc3C)nc2-c2ccccc2)cc1. The van der Waals surface area contributed by atoms with Crippen molar-refractivity contribution in [3.63, 3.8) is 0 Å². The van der Waals surface area contributed by atoms with Gasteiger partial charge in [-0.05, 0) is 42.8 Å². The molecule has 1 amide bonds. The number of nitrogens with one attached hydrogen (secondary N) is 1. The van der Waals surface area contributed by atoms with E-state index in [-0.39, 0.29) is 11.7 Å². The van der Waals surface area contributed by atoms with Crippen LogP contribution in [0.3, 0.4) is 0 Å². The zero-order chi connectivity index (χ0) is 20.2. The topological polar surface area (TPSA) is 69.0 Å². The Hall–Kier alpha value is -3.93. The van der Waals surface area contributed by atoms with Crippen LogP contribution in [-0.4, -0.2) is 27.8 Å². The van der Waals surface area contributed by atoms with E-state index >= 15 is 0 Å². The molecule has 0 spiro atoms. The number of ether oxygens (including phenoxy) is 1. The number of aryl methyl sites for hydroxylation is 1. The van der Waals surface area contributed by atoms with Crippen molar-refractivity contribution in [2.45, 2.75) is 6.92 Å². The minimum Gasteiger partial charge on any atom is -0.497 e. The summed E-state index contributed by atoms with van der Waals surface area (Å²) in [5.41, 5.74) is 3.36. The normalized spacial score (nSPS) is 10.6. The highest BCUT2D eigenvalue weighted by Crippen LogP contribution is 2.23. The molecule has 29 heavy (non-hydrogen) atoms. The van der Waals surface area contributed by atoms with E-state index in [0.29, 0.717) is 5.82 Å². The van der Waals surface area contributed by atoms with Crippen molar-refractivity contribution in [3.05, 3.63) is 90.3 Å².